The Balaban J connectivity index is 1.67. The molecule has 0 aliphatic carbocycles. The number of hydrogen-bond acceptors (Lipinski definition) is 6. The van der Waals surface area contributed by atoms with Gasteiger partial charge in [-0.3, -0.25) is 14.2 Å². The molecular formula is C15H19N3O4S. The summed E-state index contributed by atoms with van der Waals surface area (Å²) in [7, 11) is 1.61. The highest BCUT2D eigenvalue weighted by Gasteiger charge is 2.26. The fraction of sp³-hybridized carbons (Fsp3) is 0.533. The highest BCUT2D eigenvalue weighted by Crippen LogP contribution is 2.14. The van der Waals surface area contributed by atoms with Gasteiger partial charge < -0.3 is 14.4 Å². The molecule has 7 nitrogen and oxygen atoms in total. The van der Waals surface area contributed by atoms with E-state index < -0.39 is 0 Å². The van der Waals surface area contributed by atoms with Crippen molar-refractivity contribution in [1.29, 1.82) is 0 Å². The summed E-state index contributed by atoms with van der Waals surface area (Å²) in [4.78, 5) is 31.5. The molecular weight excluding hydrogens is 318 g/mol. The second-order valence-corrected chi connectivity index (χ2v) is 6.30. The maximum Gasteiger partial charge on any atom is 0.262 e. The highest BCUT2D eigenvalue weighted by molar-refractivity contribution is 7.16. The average molecular weight is 337 g/mol. The van der Waals surface area contributed by atoms with Crippen molar-refractivity contribution in [3.63, 3.8) is 0 Å². The third-order valence-corrected chi connectivity index (χ3v) is 4.74. The molecule has 1 amide bonds. The molecule has 1 unspecified atom stereocenters. The summed E-state index contributed by atoms with van der Waals surface area (Å²) >= 11 is 1.44. The number of thiophene rings is 1. The van der Waals surface area contributed by atoms with E-state index in [9.17, 15) is 9.59 Å². The molecule has 1 saturated heterocycles. The first-order chi connectivity index (χ1) is 11.2. The van der Waals surface area contributed by atoms with Gasteiger partial charge in [-0.25, -0.2) is 4.98 Å². The highest BCUT2D eigenvalue weighted by atomic mass is 32.1. The number of aryl methyl sites for hydroxylation is 1. The predicted molar refractivity (Wildman–Crippen MR) is 86.7 cm³/mol. The van der Waals surface area contributed by atoms with E-state index in [1.165, 1.54) is 22.2 Å². The molecule has 8 heteroatoms. The molecule has 1 aliphatic heterocycles. The summed E-state index contributed by atoms with van der Waals surface area (Å²) in [5.74, 6) is 0.00710. The molecule has 2 aromatic rings. The summed E-state index contributed by atoms with van der Waals surface area (Å²) in [5, 5.41) is 2.45. The first kappa shape index (κ1) is 16.1. The minimum atomic E-state index is -0.0977. The van der Waals surface area contributed by atoms with Crippen LogP contribution in [0, 0.1) is 0 Å². The maximum atomic E-state index is 12.5. The van der Waals surface area contributed by atoms with E-state index >= 15 is 0 Å². The second kappa shape index (κ2) is 7.20. The van der Waals surface area contributed by atoms with Crippen LogP contribution in [0.3, 0.4) is 0 Å². The van der Waals surface area contributed by atoms with Crippen LogP contribution in [0.2, 0.25) is 0 Å². The number of nitrogens with zero attached hydrogens (tertiary/aromatic N) is 3. The first-order valence-corrected chi connectivity index (χ1v) is 8.37. The van der Waals surface area contributed by atoms with Crippen molar-refractivity contribution in [2.75, 3.05) is 33.5 Å². The van der Waals surface area contributed by atoms with Crippen molar-refractivity contribution in [3.8, 4) is 0 Å². The Morgan fingerprint density at radius 3 is 3.26 bits per heavy atom. The minimum Gasteiger partial charge on any atom is -0.382 e. The first-order valence-electron chi connectivity index (χ1n) is 7.49. The monoisotopic (exact) mass is 337 g/mol. The fourth-order valence-corrected chi connectivity index (χ4v) is 3.45. The summed E-state index contributed by atoms with van der Waals surface area (Å²) in [6.45, 7) is 2.36. The Kier molecular flexibility index (Phi) is 5.04. The maximum absolute atomic E-state index is 12.5. The van der Waals surface area contributed by atoms with E-state index in [1.54, 1.807) is 18.1 Å². The van der Waals surface area contributed by atoms with E-state index in [2.05, 4.69) is 4.98 Å². The molecule has 3 rings (SSSR count). The number of morpholine rings is 1. The molecule has 0 saturated carbocycles. The molecule has 0 bridgehead atoms. The number of fused-ring (bicyclic) bond motifs is 1. The Labute approximate surface area is 137 Å². The lowest BCUT2D eigenvalue weighted by Crippen LogP contribution is -2.51. The topological polar surface area (TPSA) is 73.7 Å². The van der Waals surface area contributed by atoms with Crippen molar-refractivity contribution < 1.29 is 14.3 Å². The van der Waals surface area contributed by atoms with Gasteiger partial charge in [-0.2, -0.15) is 0 Å². The van der Waals surface area contributed by atoms with E-state index in [0.717, 1.165) is 4.83 Å². The van der Waals surface area contributed by atoms with Gasteiger partial charge in [-0.1, -0.05) is 0 Å². The molecule has 0 spiro atoms. The van der Waals surface area contributed by atoms with Gasteiger partial charge in [0.15, 0.2) is 0 Å². The van der Waals surface area contributed by atoms with Gasteiger partial charge in [-0.05, 0) is 11.4 Å². The normalized spacial score (nSPS) is 18.5. The summed E-state index contributed by atoms with van der Waals surface area (Å²) in [5.41, 5.74) is -0.0977. The molecule has 124 valence electrons. The smallest absolute Gasteiger partial charge is 0.262 e. The predicted octanol–water partition coefficient (Wildman–Crippen LogP) is 0.722. The SMILES string of the molecule is COCC1COCCN1C(=O)CCn1cnc2sccc2c1=O. The second-order valence-electron chi connectivity index (χ2n) is 5.40. The van der Waals surface area contributed by atoms with Crippen LogP contribution in [-0.4, -0.2) is 59.9 Å². The van der Waals surface area contributed by atoms with Gasteiger partial charge in [0.05, 0.1) is 37.6 Å². The molecule has 23 heavy (non-hydrogen) atoms. The standard InChI is InChI=1S/C15H19N3O4S/c1-21-8-11-9-22-6-5-18(11)13(19)2-4-17-10-16-14-12(15(17)20)3-7-23-14/h3,7,10-11H,2,4-6,8-9H2,1H3. The van der Waals surface area contributed by atoms with E-state index in [0.29, 0.717) is 38.3 Å². The largest absolute Gasteiger partial charge is 0.382 e. The number of methoxy groups -OCH3 is 1. The number of ether oxygens (including phenoxy) is 2. The van der Waals surface area contributed by atoms with Crippen molar-refractivity contribution in [2.45, 2.75) is 19.0 Å². The quantitative estimate of drug-likeness (QED) is 0.804. The minimum absolute atomic E-state index is 0.00710. The van der Waals surface area contributed by atoms with E-state index in [-0.39, 0.29) is 23.9 Å². The average Bonchev–Trinajstić information content (AvgIpc) is 3.04. The molecule has 0 aromatic carbocycles. The van der Waals surface area contributed by atoms with Gasteiger partial charge >= 0.3 is 0 Å². The lowest BCUT2D eigenvalue weighted by Gasteiger charge is -2.35. The number of aromatic nitrogens is 2. The van der Waals surface area contributed by atoms with Crippen LogP contribution in [0.15, 0.2) is 22.6 Å². The van der Waals surface area contributed by atoms with E-state index in [4.69, 9.17) is 9.47 Å². The van der Waals surface area contributed by atoms with Crippen LogP contribution >= 0.6 is 11.3 Å². The molecule has 3 heterocycles. The lowest BCUT2D eigenvalue weighted by atomic mass is 10.2. The van der Waals surface area contributed by atoms with Crippen LogP contribution in [-0.2, 0) is 20.8 Å². The number of amides is 1. The zero-order valence-corrected chi connectivity index (χ0v) is 13.8. The van der Waals surface area contributed by atoms with Gasteiger partial charge in [0, 0.05) is 26.6 Å². The number of hydrogen-bond donors (Lipinski definition) is 0. The zero-order chi connectivity index (χ0) is 16.2. The third-order valence-electron chi connectivity index (χ3n) is 3.92. The Hall–Kier alpha value is -1.77. The summed E-state index contributed by atoms with van der Waals surface area (Å²) in [6, 6.07) is 1.71. The van der Waals surface area contributed by atoms with Crippen LogP contribution < -0.4 is 5.56 Å². The Bertz CT molecular complexity index is 740. The molecule has 0 N–H and O–H groups in total. The molecule has 0 radical (unpaired) electrons. The number of carbonyl (C=O) groups excluding carboxylic acids is 1. The van der Waals surface area contributed by atoms with Crippen molar-refractivity contribution in [2.24, 2.45) is 0 Å². The summed E-state index contributed by atoms with van der Waals surface area (Å²) in [6.07, 6.45) is 1.78. The van der Waals surface area contributed by atoms with Crippen molar-refractivity contribution >= 4 is 27.5 Å². The Morgan fingerprint density at radius 1 is 1.57 bits per heavy atom. The Morgan fingerprint density at radius 2 is 2.43 bits per heavy atom. The number of rotatable bonds is 5. The molecule has 2 aromatic heterocycles. The van der Waals surface area contributed by atoms with Gasteiger partial charge in [0.25, 0.3) is 5.56 Å². The zero-order valence-electron chi connectivity index (χ0n) is 12.9. The molecule has 1 atom stereocenters. The van der Waals surface area contributed by atoms with Crippen LogP contribution in [0.1, 0.15) is 6.42 Å². The third kappa shape index (κ3) is 3.44. The molecule has 1 fully saturated rings. The van der Waals surface area contributed by atoms with Gasteiger partial charge in [-0.15, -0.1) is 11.3 Å². The van der Waals surface area contributed by atoms with Crippen LogP contribution in [0.4, 0.5) is 0 Å². The van der Waals surface area contributed by atoms with Gasteiger partial charge in [0.2, 0.25) is 5.91 Å². The van der Waals surface area contributed by atoms with Crippen LogP contribution in [0.5, 0.6) is 0 Å². The fourth-order valence-electron chi connectivity index (χ4n) is 2.73. The lowest BCUT2D eigenvalue weighted by molar-refractivity contribution is -0.142. The van der Waals surface area contributed by atoms with Crippen molar-refractivity contribution in [1.82, 2.24) is 14.5 Å². The van der Waals surface area contributed by atoms with Crippen molar-refractivity contribution in [3.05, 3.63) is 28.1 Å². The van der Waals surface area contributed by atoms with Gasteiger partial charge in [0.1, 0.15) is 4.83 Å². The van der Waals surface area contributed by atoms with Crippen LogP contribution in [0.25, 0.3) is 10.2 Å². The van der Waals surface area contributed by atoms with E-state index in [1.807, 2.05) is 5.38 Å². The summed E-state index contributed by atoms with van der Waals surface area (Å²) < 4.78 is 12.0. The molecule has 1 aliphatic rings. The number of carbonyl (C=O) groups is 1.